The lowest BCUT2D eigenvalue weighted by molar-refractivity contribution is -0.384. The van der Waals surface area contributed by atoms with Crippen molar-refractivity contribution in [2.24, 2.45) is 0 Å². The lowest BCUT2D eigenvalue weighted by Crippen LogP contribution is -1.96. The molecule has 0 fully saturated rings. The maximum Gasteiger partial charge on any atom is 0.277 e. The van der Waals surface area contributed by atoms with Gasteiger partial charge < -0.3 is 0 Å². The lowest BCUT2D eigenvalue weighted by atomic mass is 9.97. The molecule has 0 aliphatic rings. The zero-order chi connectivity index (χ0) is 14.9. The van der Waals surface area contributed by atoms with Crippen molar-refractivity contribution in [2.45, 2.75) is 13.8 Å². The standard InChI is InChI=1S/C15H12ClNO3/c1-9-6-13(14(17(19)20)7-10(9)2)11-4-3-5-12(8-11)15(16)18/h3-8H,1-2H3. The zero-order valence-electron chi connectivity index (χ0n) is 11.0. The van der Waals surface area contributed by atoms with Crippen LogP contribution in [0.1, 0.15) is 21.5 Å². The fraction of sp³-hybridized carbons (Fsp3) is 0.133. The smallest absolute Gasteiger partial charge is 0.276 e. The summed E-state index contributed by atoms with van der Waals surface area (Å²) in [6, 6.07) is 9.81. The predicted octanol–water partition coefficient (Wildman–Crippen LogP) is 4.26. The van der Waals surface area contributed by atoms with Crippen LogP contribution >= 0.6 is 11.6 Å². The Labute approximate surface area is 121 Å². The third-order valence-electron chi connectivity index (χ3n) is 3.21. The third-order valence-corrected chi connectivity index (χ3v) is 3.43. The molecule has 0 aromatic heterocycles. The molecule has 0 saturated heterocycles. The Morgan fingerprint density at radius 1 is 1.15 bits per heavy atom. The average molecular weight is 290 g/mol. The van der Waals surface area contributed by atoms with E-state index < -0.39 is 10.2 Å². The average Bonchev–Trinajstić information content (AvgIpc) is 2.41. The van der Waals surface area contributed by atoms with E-state index in [2.05, 4.69) is 0 Å². The number of nitro groups is 1. The molecule has 0 atom stereocenters. The molecule has 0 unspecified atom stereocenters. The van der Waals surface area contributed by atoms with E-state index in [1.54, 1.807) is 36.4 Å². The highest BCUT2D eigenvalue weighted by atomic mass is 35.5. The van der Waals surface area contributed by atoms with Gasteiger partial charge in [-0.1, -0.05) is 18.2 Å². The van der Waals surface area contributed by atoms with Crippen LogP contribution in [0, 0.1) is 24.0 Å². The minimum Gasteiger partial charge on any atom is -0.276 e. The zero-order valence-corrected chi connectivity index (χ0v) is 11.8. The number of nitrogens with zero attached hydrogens (tertiary/aromatic N) is 1. The van der Waals surface area contributed by atoms with Crippen molar-refractivity contribution in [2.75, 3.05) is 0 Å². The minimum atomic E-state index is -0.585. The van der Waals surface area contributed by atoms with Gasteiger partial charge in [0.15, 0.2) is 0 Å². The Kier molecular flexibility index (Phi) is 3.86. The maximum absolute atomic E-state index is 11.2. The molecule has 0 spiro atoms. The largest absolute Gasteiger partial charge is 0.277 e. The van der Waals surface area contributed by atoms with Gasteiger partial charge in [-0.15, -0.1) is 0 Å². The first kappa shape index (κ1) is 14.2. The molecule has 0 amide bonds. The Morgan fingerprint density at radius 3 is 2.40 bits per heavy atom. The number of hydrogen-bond donors (Lipinski definition) is 0. The van der Waals surface area contributed by atoms with Gasteiger partial charge in [0.2, 0.25) is 0 Å². The van der Waals surface area contributed by atoms with E-state index in [0.29, 0.717) is 16.7 Å². The Morgan fingerprint density at radius 2 is 1.80 bits per heavy atom. The van der Waals surface area contributed by atoms with Gasteiger partial charge >= 0.3 is 0 Å². The fourth-order valence-corrected chi connectivity index (χ4v) is 2.11. The third kappa shape index (κ3) is 2.70. The summed E-state index contributed by atoms with van der Waals surface area (Å²) < 4.78 is 0. The van der Waals surface area contributed by atoms with Crippen LogP contribution in [0.25, 0.3) is 11.1 Å². The second kappa shape index (κ2) is 5.43. The molecular weight excluding hydrogens is 278 g/mol. The van der Waals surface area contributed by atoms with Crippen molar-refractivity contribution in [3.63, 3.8) is 0 Å². The first-order valence-electron chi connectivity index (χ1n) is 5.96. The predicted molar refractivity (Wildman–Crippen MR) is 78.2 cm³/mol. The van der Waals surface area contributed by atoms with Crippen molar-refractivity contribution < 1.29 is 9.72 Å². The second-order valence-electron chi connectivity index (χ2n) is 4.57. The van der Waals surface area contributed by atoms with Crippen LogP contribution in [0.3, 0.4) is 0 Å². The Balaban J connectivity index is 2.68. The summed E-state index contributed by atoms with van der Waals surface area (Å²) in [6.07, 6.45) is 0. The summed E-state index contributed by atoms with van der Waals surface area (Å²) in [6.45, 7) is 3.71. The van der Waals surface area contributed by atoms with Gasteiger partial charge in [0.25, 0.3) is 10.9 Å². The van der Waals surface area contributed by atoms with Crippen molar-refractivity contribution in [1.82, 2.24) is 0 Å². The van der Waals surface area contributed by atoms with Crippen LogP contribution in [0.15, 0.2) is 36.4 Å². The number of hydrogen-bond acceptors (Lipinski definition) is 3. The molecule has 0 aliphatic carbocycles. The fourth-order valence-electron chi connectivity index (χ4n) is 1.99. The van der Waals surface area contributed by atoms with E-state index >= 15 is 0 Å². The maximum atomic E-state index is 11.2. The molecule has 2 rings (SSSR count). The van der Waals surface area contributed by atoms with E-state index in [-0.39, 0.29) is 5.69 Å². The number of halogens is 1. The molecule has 0 N–H and O–H groups in total. The molecule has 0 aliphatic heterocycles. The van der Waals surface area contributed by atoms with E-state index in [1.165, 1.54) is 0 Å². The van der Waals surface area contributed by atoms with Gasteiger partial charge in [-0.3, -0.25) is 14.9 Å². The van der Waals surface area contributed by atoms with Crippen LogP contribution in [0.2, 0.25) is 0 Å². The van der Waals surface area contributed by atoms with Crippen molar-refractivity contribution in [1.29, 1.82) is 0 Å². The minimum absolute atomic E-state index is 0.0206. The summed E-state index contributed by atoms with van der Waals surface area (Å²) in [5, 5.41) is 10.6. The van der Waals surface area contributed by atoms with E-state index in [9.17, 15) is 14.9 Å². The number of nitro benzene ring substituents is 1. The summed E-state index contributed by atoms with van der Waals surface area (Å²) in [5.41, 5.74) is 3.23. The van der Waals surface area contributed by atoms with Gasteiger partial charge in [0.05, 0.1) is 10.5 Å². The van der Waals surface area contributed by atoms with Gasteiger partial charge in [-0.05, 0) is 54.3 Å². The highest BCUT2D eigenvalue weighted by Gasteiger charge is 2.17. The van der Waals surface area contributed by atoms with Crippen molar-refractivity contribution >= 4 is 22.5 Å². The first-order valence-corrected chi connectivity index (χ1v) is 6.34. The highest BCUT2D eigenvalue weighted by molar-refractivity contribution is 6.67. The van der Waals surface area contributed by atoms with Crippen LogP contribution in [0.4, 0.5) is 5.69 Å². The molecule has 5 heteroatoms. The van der Waals surface area contributed by atoms with E-state index in [0.717, 1.165) is 11.1 Å². The van der Waals surface area contributed by atoms with Crippen LogP contribution in [-0.4, -0.2) is 10.2 Å². The van der Waals surface area contributed by atoms with Gasteiger partial charge in [0.1, 0.15) is 0 Å². The lowest BCUT2D eigenvalue weighted by Gasteiger charge is -2.08. The Bertz CT molecular complexity index is 710. The summed E-state index contributed by atoms with van der Waals surface area (Å²) >= 11 is 5.45. The number of aryl methyl sites for hydroxylation is 2. The molecule has 0 bridgehead atoms. The molecule has 20 heavy (non-hydrogen) atoms. The van der Waals surface area contributed by atoms with Crippen LogP contribution < -0.4 is 0 Å². The van der Waals surface area contributed by atoms with Crippen molar-refractivity contribution in [3.8, 4) is 11.1 Å². The summed E-state index contributed by atoms with van der Waals surface area (Å²) in [4.78, 5) is 22.0. The SMILES string of the molecule is Cc1cc(-c2cccc(C(=O)Cl)c2)c([N+](=O)[O-])cc1C. The molecule has 102 valence electrons. The van der Waals surface area contributed by atoms with Crippen molar-refractivity contribution in [3.05, 3.63) is 63.2 Å². The Hall–Kier alpha value is -2.20. The molecule has 0 saturated carbocycles. The molecule has 2 aromatic carbocycles. The first-order chi connectivity index (χ1) is 9.40. The molecule has 0 heterocycles. The summed E-state index contributed by atoms with van der Waals surface area (Å²) in [5.74, 6) is 0. The number of carbonyl (C=O) groups excluding carboxylic acids is 1. The van der Waals surface area contributed by atoms with Crippen LogP contribution in [0.5, 0.6) is 0 Å². The quantitative estimate of drug-likeness (QED) is 0.482. The normalized spacial score (nSPS) is 10.3. The molecule has 2 aromatic rings. The molecule has 4 nitrogen and oxygen atoms in total. The molecule has 0 radical (unpaired) electrons. The summed E-state index contributed by atoms with van der Waals surface area (Å²) in [7, 11) is 0. The number of rotatable bonds is 3. The van der Waals surface area contributed by atoms with Crippen LogP contribution in [-0.2, 0) is 0 Å². The van der Waals surface area contributed by atoms with Gasteiger partial charge in [-0.2, -0.15) is 0 Å². The second-order valence-corrected chi connectivity index (χ2v) is 4.91. The number of benzene rings is 2. The highest BCUT2D eigenvalue weighted by Crippen LogP contribution is 2.33. The number of carbonyl (C=O) groups is 1. The molecular formula is C15H12ClNO3. The van der Waals surface area contributed by atoms with Gasteiger partial charge in [0, 0.05) is 11.6 Å². The van der Waals surface area contributed by atoms with Gasteiger partial charge in [-0.25, -0.2) is 0 Å². The van der Waals surface area contributed by atoms with E-state index in [4.69, 9.17) is 11.6 Å². The monoisotopic (exact) mass is 289 g/mol. The topological polar surface area (TPSA) is 60.2 Å². The van der Waals surface area contributed by atoms with E-state index in [1.807, 2.05) is 13.8 Å².